The van der Waals surface area contributed by atoms with E-state index < -0.39 is 11.6 Å². The third-order valence-corrected chi connectivity index (χ3v) is 4.74. The molecule has 0 aromatic heterocycles. The minimum atomic E-state index is -0.526. The largest absolute Gasteiger partial charge is 0.379 e. The van der Waals surface area contributed by atoms with Gasteiger partial charge in [-0.15, -0.1) is 0 Å². The van der Waals surface area contributed by atoms with Crippen LogP contribution in [0.2, 0.25) is 0 Å². The number of nitrogens with two attached hydrogens (primary N) is 1. The van der Waals surface area contributed by atoms with Crippen LogP contribution in [-0.4, -0.2) is 19.3 Å². The van der Waals surface area contributed by atoms with E-state index in [1.165, 1.54) is 6.07 Å². The second-order valence-electron chi connectivity index (χ2n) is 5.88. The van der Waals surface area contributed by atoms with Gasteiger partial charge in [0.25, 0.3) is 0 Å². The summed E-state index contributed by atoms with van der Waals surface area (Å²) in [4.78, 5) is 0. The van der Waals surface area contributed by atoms with Crippen LogP contribution in [0.5, 0.6) is 0 Å². The highest BCUT2D eigenvalue weighted by Gasteiger charge is 2.48. The van der Waals surface area contributed by atoms with E-state index in [1.807, 2.05) is 0 Å². The van der Waals surface area contributed by atoms with Crippen molar-refractivity contribution < 1.29 is 13.5 Å². The second-order valence-corrected chi connectivity index (χ2v) is 5.88. The number of benzene rings is 1. The van der Waals surface area contributed by atoms with Crippen LogP contribution in [0.4, 0.5) is 8.78 Å². The van der Waals surface area contributed by atoms with Gasteiger partial charge < -0.3 is 10.5 Å². The summed E-state index contributed by atoms with van der Waals surface area (Å²) in [6.45, 7) is 1.07. The Bertz CT molecular complexity index is 465. The van der Waals surface area contributed by atoms with E-state index in [-0.39, 0.29) is 11.5 Å². The quantitative estimate of drug-likeness (QED) is 0.894. The highest BCUT2D eigenvalue weighted by molar-refractivity contribution is 5.31. The molecule has 1 aliphatic carbocycles. The van der Waals surface area contributed by atoms with Crippen LogP contribution >= 0.6 is 0 Å². The van der Waals surface area contributed by atoms with Crippen molar-refractivity contribution in [2.24, 2.45) is 11.7 Å². The maximum Gasteiger partial charge on any atom is 0.130 e. The summed E-state index contributed by atoms with van der Waals surface area (Å²) < 4.78 is 32.5. The van der Waals surface area contributed by atoms with Crippen molar-refractivity contribution in [2.45, 2.75) is 37.1 Å². The van der Waals surface area contributed by atoms with Gasteiger partial charge in [-0.3, -0.25) is 0 Å². The fraction of sp³-hybridized carbons (Fsp3) is 0.600. The Morgan fingerprint density at radius 3 is 2.32 bits per heavy atom. The summed E-state index contributed by atoms with van der Waals surface area (Å²) in [6, 6.07) is 4.17. The lowest BCUT2D eigenvalue weighted by atomic mass is 9.63. The van der Waals surface area contributed by atoms with Gasteiger partial charge in [-0.25, -0.2) is 8.78 Å². The highest BCUT2D eigenvalue weighted by Crippen LogP contribution is 2.46. The summed E-state index contributed by atoms with van der Waals surface area (Å²) in [5.41, 5.74) is 6.28. The molecule has 0 spiro atoms. The van der Waals surface area contributed by atoms with Crippen molar-refractivity contribution in [1.82, 2.24) is 0 Å². The first kappa shape index (κ1) is 13.0. The van der Waals surface area contributed by atoms with E-state index >= 15 is 0 Å². The Hall–Kier alpha value is -1.00. The average molecular weight is 267 g/mol. The number of rotatable bonds is 2. The molecule has 0 radical (unpaired) electrons. The van der Waals surface area contributed by atoms with E-state index in [4.69, 9.17) is 10.5 Å². The number of halogens is 2. The Morgan fingerprint density at radius 2 is 1.79 bits per heavy atom. The molecule has 4 heteroatoms. The van der Waals surface area contributed by atoms with Crippen LogP contribution in [0.3, 0.4) is 0 Å². The zero-order valence-electron chi connectivity index (χ0n) is 10.9. The van der Waals surface area contributed by atoms with Gasteiger partial charge in [0.2, 0.25) is 0 Å². The van der Waals surface area contributed by atoms with Gasteiger partial charge in [-0.05, 0) is 43.2 Å². The molecule has 0 atom stereocenters. The molecule has 2 aliphatic rings. The number of ether oxygens (including phenoxy) is 1. The van der Waals surface area contributed by atoms with Gasteiger partial charge in [0, 0.05) is 17.5 Å². The Labute approximate surface area is 111 Å². The lowest BCUT2D eigenvalue weighted by Crippen LogP contribution is -2.54. The molecule has 104 valence electrons. The summed E-state index contributed by atoms with van der Waals surface area (Å²) in [6.07, 6.45) is 3.97. The van der Waals surface area contributed by atoms with Gasteiger partial charge in [0.15, 0.2) is 0 Å². The molecule has 1 saturated heterocycles. The third kappa shape index (κ3) is 2.17. The lowest BCUT2D eigenvalue weighted by molar-refractivity contribution is -0.0999. The first-order valence-electron chi connectivity index (χ1n) is 6.91. The highest BCUT2D eigenvalue weighted by atomic mass is 19.1. The summed E-state index contributed by atoms with van der Waals surface area (Å²) >= 11 is 0. The molecule has 1 aromatic rings. The van der Waals surface area contributed by atoms with Gasteiger partial charge in [-0.2, -0.15) is 0 Å². The van der Waals surface area contributed by atoms with Crippen LogP contribution in [0, 0.1) is 17.6 Å². The van der Waals surface area contributed by atoms with Crippen molar-refractivity contribution in [3.8, 4) is 0 Å². The molecule has 1 saturated carbocycles. The Balaban J connectivity index is 1.90. The van der Waals surface area contributed by atoms with Gasteiger partial charge >= 0.3 is 0 Å². The molecule has 2 nitrogen and oxygen atoms in total. The molecule has 2 N–H and O–H groups in total. The van der Waals surface area contributed by atoms with Gasteiger partial charge in [0.1, 0.15) is 11.6 Å². The fourth-order valence-electron chi connectivity index (χ4n) is 3.50. The van der Waals surface area contributed by atoms with Crippen molar-refractivity contribution >= 4 is 0 Å². The predicted octanol–water partition coefficient (Wildman–Crippen LogP) is 2.75. The van der Waals surface area contributed by atoms with Crippen molar-refractivity contribution in [1.29, 1.82) is 0 Å². The molecule has 0 unspecified atom stereocenters. The molecule has 1 aromatic carbocycles. The SMILES string of the molecule is NC1CCC(C2(c3ccc(F)cc3F)COC2)CC1. The van der Waals surface area contributed by atoms with E-state index in [0.29, 0.717) is 24.7 Å². The van der Waals surface area contributed by atoms with Crippen LogP contribution in [-0.2, 0) is 10.2 Å². The molecule has 0 bridgehead atoms. The normalized spacial score (nSPS) is 29.8. The maximum absolute atomic E-state index is 14.1. The van der Waals surface area contributed by atoms with E-state index in [9.17, 15) is 8.78 Å². The van der Waals surface area contributed by atoms with Crippen molar-refractivity contribution in [3.63, 3.8) is 0 Å². The summed E-state index contributed by atoms with van der Waals surface area (Å²) in [5, 5.41) is 0. The third-order valence-electron chi connectivity index (χ3n) is 4.74. The van der Waals surface area contributed by atoms with Crippen molar-refractivity contribution in [3.05, 3.63) is 35.4 Å². The maximum atomic E-state index is 14.1. The molecular formula is C15H19F2NO. The molecular weight excluding hydrogens is 248 g/mol. The van der Waals surface area contributed by atoms with Gasteiger partial charge in [-0.1, -0.05) is 6.07 Å². The van der Waals surface area contributed by atoms with E-state index in [1.54, 1.807) is 6.07 Å². The number of hydrogen-bond donors (Lipinski definition) is 1. The average Bonchev–Trinajstić information content (AvgIpc) is 2.32. The van der Waals surface area contributed by atoms with Crippen molar-refractivity contribution in [2.75, 3.05) is 13.2 Å². The lowest BCUT2D eigenvalue weighted by Gasteiger charge is -2.49. The van der Waals surface area contributed by atoms with E-state index in [2.05, 4.69) is 0 Å². The van der Waals surface area contributed by atoms with Gasteiger partial charge in [0.05, 0.1) is 13.2 Å². The smallest absolute Gasteiger partial charge is 0.130 e. The summed E-state index contributed by atoms with van der Waals surface area (Å²) in [5.74, 6) is -0.582. The van der Waals surface area contributed by atoms with E-state index in [0.717, 1.165) is 31.7 Å². The monoisotopic (exact) mass is 267 g/mol. The zero-order valence-corrected chi connectivity index (χ0v) is 10.9. The molecule has 3 rings (SSSR count). The van der Waals surface area contributed by atoms with Crippen LogP contribution < -0.4 is 5.73 Å². The van der Waals surface area contributed by atoms with Crippen LogP contribution in [0.25, 0.3) is 0 Å². The fourth-order valence-corrected chi connectivity index (χ4v) is 3.50. The Kier molecular flexibility index (Phi) is 3.31. The minimum Gasteiger partial charge on any atom is -0.379 e. The summed E-state index contributed by atoms with van der Waals surface area (Å²) in [7, 11) is 0. The van der Waals surface area contributed by atoms with Crippen LogP contribution in [0.1, 0.15) is 31.2 Å². The first-order chi connectivity index (χ1) is 9.12. The topological polar surface area (TPSA) is 35.2 Å². The predicted molar refractivity (Wildman–Crippen MR) is 68.8 cm³/mol. The minimum absolute atomic E-state index is 0.266. The first-order valence-corrected chi connectivity index (χ1v) is 6.91. The molecule has 19 heavy (non-hydrogen) atoms. The second kappa shape index (κ2) is 4.84. The van der Waals surface area contributed by atoms with Crippen LogP contribution in [0.15, 0.2) is 18.2 Å². The molecule has 2 fully saturated rings. The Morgan fingerprint density at radius 1 is 1.11 bits per heavy atom. The molecule has 1 heterocycles. The molecule has 1 aliphatic heterocycles. The number of hydrogen-bond acceptors (Lipinski definition) is 2. The standard InChI is InChI=1S/C15H19F2NO/c16-11-3-6-13(14(17)7-11)15(8-19-9-15)10-1-4-12(18)5-2-10/h3,6-7,10,12H,1-2,4-5,8-9,18H2. The molecule has 0 amide bonds. The zero-order chi connectivity index (χ0) is 13.5.